The number of H-pyrrole nitrogens is 1. The number of hydrogen-bond donors (Lipinski definition) is 2. The highest BCUT2D eigenvalue weighted by molar-refractivity contribution is 6.03. The molecule has 1 atom stereocenters. The van der Waals surface area contributed by atoms with Crippen molar-refractivity contribution in [1.82, 2.24) is 9.97 Å². The smallest absolute Gasteiger partial charge is 0.325 e. The molecule has 122 valence electrons. The first-order valence-electron chi connectivity index (χ1n) is 7.67. The van der Waals surface area contributed by atoms with Gasteiger partial charge in [-0.1, -0.05) is 20.8 Å². The Morgan fingerprint density at radius 2 is 2.17 bits per heavy atom. The molecule has 2 aromatic rings. The number of fused-ring (bicyclic) bond motifs is 2. The lowest BCUT2D eigenvalue weighted by Crippen LogP contribution is -2.27. The zero-order chi connectivity index (χ0) is 16.9. The van der Waals surface area contributed by atoms with Crippen LogP contribution in [0.3, 0.4) is 0 Å². The van der Waals surface area contributed by atoms with Gasteiger partial charge in [0.05, 0.1) is 10.4 Å². The molecule has 0 fully saturated rings. The van der Waals surface area contributed by atoms with Gasteiger partial charge in [0.1, 0.15) is 0 Å². The fourth-order valence-corrected chi connectivity index (χ4v) is 3.35. The van der Waals surface area contributed by atoms with Crippen molar-refractivity contribution in [1.29, 1.82) is 0 Å². The molecule has 1 unspecified atom stereocenters. The van der Waals surface area contributed by atoms with Crippen molar-refractivity contribution in [3.63, 3.8) is 0 Å². The Labute approximate surface area is 133 Å². The van der Waals surface area contributed by atoms with E-state index in [9.17, 15) is 14.9 Å². The number of carbonyl (C=O) groups is 1. The lowest BCUT2D eigenvalue weighted by Gasteiger charge is -2.34. The third kappa shape index (κ3) is 2.56. The quantitative estimate of drug-likeness (QED) is 0.654. The third-order valence-electron chi connectivity index (χ3n) is 4.76. The molecule has 23 heavy (non-hydrogen) atoms. The number of nitro groups is 1. The van der Waals surface area contributed by atoms with Crippen molar-refractivity contribution in [2.24, 2.45) is 17.1 Å². The van der Waals surface area contributed by atoms with Gasteiger partial charge in [-0.25, -0.2) is 4.98 Å². The summed E-state index contributed by atoms with van der Waals surface area (Å²) >= 11 is 0. The number of aryl methyl sites for hydroxylation is 1. The summed E-state index contributed by atoms with van der Waals surface area (Å²) in [5.41, 5.74) is 7.63. The van der Waals surface area contributed by atoms with Crippen molar-refractivity contribution in [2.45, 2.75) is 40.0 Å². The number of primary amides is 1. The molecule has 0 aromatic carbocycles. The van der Waals surface area contributed by atoms with Crippen LogP contribution >= 0.6 is 0 Å². The molecule has 0 spiro atoms. The molecule has 0 bridgehead atoms. The van der Waals surface area contributed by atoms with E-state index in [1.807, 2.05) is 6.07 Å². The van der Waals surface area contributed by atoms with Crippen LogP contribution in [-0.2, 0) is 12.8 Å². The Kier molecular flexibility index (Phi) is 3.39. The summed E-state index contributed by atoms with van der Waals surface area (Å²) in [6.45, 7) is 6.66. The fraction of sp³-hybridized carbons (Fsp3) is 0.500. The second kappa shape index (κ2) is 5.04. The Morgan fingerprint density at radius 1 is 1.48 bits per heavy atom. The van der Waals surface area contributed by atoms with Crippen LogP contribution in [0, 0.1) is 21.4 Å². The SMILES string of the molecule is CC(C)(C)C1CCc2nc3c([N+](=O)[O-])c(C(N)=O)[nH]c3cc2C1. The minimum absolute atomic E-state index is 0.188. The first-order valence-corrected chi connectivity index (χ1v) is 7.67. The second-order valence-corrected chi connectivity index (χ2v) is 7.27. The number of nitrogens with two attached hydrogens (primary N) is 1. The number of carbonyl (C=O) groups excluding carboxylic acids is 1. The standard InChI is InChI=1S/C16H20N4O3/c1-16(2,3)9-4-5-10-8(6-9)7-11-12(18-10)14(20(22)23)13(19-11)15(17)21/h7,9,19H,4-6H2,1-3H3,(H2,17,21). The van der Waals surface area contributed by atoms with Gasteiger partial charge in [0.25, 0.3) is 5.91 Å². The number of aromatic amines is 1. The van der Waals surface area contributed by atoms with Crippen molar-refractivity contribution in [3.8, 4) is 0 Å². The van der Waals surface area contributed by atoms with E-state index in [2.05, 4.69) is 30.7 Å². The van der Waals surface area contributed by atoms with Crippen molar-refractivity contribution < 1.29 is 9.72 Å². The topological polar surface area (TPSA) is 115 Å². The Bertz CT molecular complexity index is 817. The van der Waals surface area contributed by atoms with Crippen LogP contribution in [0.1, 0.15) is 48.9 Å². The maximum absolute atomic E-state index is 11.5. The summed E-state index contributed by atoms with van der Waals surface area (Å²) < 4.78 is 0. The summed E-state index contributed by atoms with van der Waals surface area (Å²) in [5.74, 6) is -0.310. The van der Waals surface area contributed by atoms with Crippen LogP contribution in [0.25, 0.3) is 11.0 Å². The molecule has 2 heterocycles. The molecule has 0 saturated carbocycles. The Balaban J connectivity index is 2.15. The van der Waals surface area contributed by atoms with Gasteiger partial charge in [-0.05, 0) is 42.2 Å². The maximum Gasteiger partial charge on any atom is 0.325 e. The van der Waals surface area contributed by atoms with E-state index in [1.165, 1.54) is 0 Å². The lowest BCUT2D eigenvalue weighted by atomic mass is 9.71. The third-order valence-corrected chi connectivity index (χ3v) is 4.76. The maximum atomic E-state index is 11.5. The number of hydrogen-bond acceptors (Lipinski definition) is 4. The van der Waals surface area contributed by atoms with Crippen molar-refractivity contribution >= 4 is 22.6 Å². The van der Waals surface area contributed by atoms with E-state index in [4.69, 9.17) is 5.73 Å². The zero-order valence-corrected chi connectivity index (χ0v) is 13.5. The molecule has 0 radical (unpaired) electrons. The molecule has 0 aliphatic heterocycles. The highest BCUT2D eigenvalue weighted by Gasteiger charge is 2.32. The predicted octanol–water partition coefficient (Wildman–Crippen LogP) is 2.72. The zero-order valence-electron chi connectivity index (χ0n) is 13.5. The molecule has 1 amide bonds. The Morgan fingerprint density at radius 3 is 2.74 bits per heavy atom. The average molecular weight is 316 g/mol. The average Bonchev–Trinajstić information content (AvgIpc) is 2.81. The second-order valence-electron chi connectivity index (χ2n) is 7.27. The summed E-state index contributed by atoms with van der Waals surface area (Å²) in [7, 11) is 0. The van der Waals surface area contributed by atoms with Crippen LogP contribution in [0.2, 0.25) is 0 Å². The number of amides is 1. The monoisotopic (exact) mass is 316 g/mol. The molecule has 2 aromatic heterocycles. The van der Waals surface area contributed by atoms with Crippen LogP contribution in [0.15, 0.2) is 6.07 Å². The van der Waals surface area contributed by atoms with E-state index in [-0.39, 0.29) is 22.3 Å². The summed E-state index contributed by atoms with van der Waals surface area (Å²) in [5, 5.41) is 11.3. The predicted molar refractivity (Wildman–Crippen MR) is 86.2 cm³/mol. The van der Waals surface area contributed by atoms with Crippen molar-refractivity contribution in [2.75, 3.05) is 0 Å². The number of rotatable bonds is 2. The number of nitrogens with zero attached hydrogens (tertiary/aromatic N) is 2. The fourth-order valence-electron chi connectivity index (χ4n) is 3.35. The minimum Gasteiger partial charge on any atom is -0.364 e. The number of pyridine rings is 1. The van der Waals surface area contributed by atoms with Gasteiger partial charge in [-0.2, -0.15) is 0 Å². The van der Waals surface area contributed by atoms with Gasteiger partial charge in [-0.3, -0.25) is 14.9 Å². The lowest BCUT2D eigenvalue weighted by molar-refractivity contribution is -0.383. The van der Waals surface area contributed by atoms with Crippen LogP contribution in [0.4, 0.5) is 5.69 Å². The van der Waals surface area contributed by atoms with E-state index < -0.39 is 10.8 Å². The number of nitrogens with one attached hydrogen (secondary N) is 1. The first-order chi connectivity index (χ1) is 10.7. The van der Waals surface area contributed by atoms with Gasteiger partial charge in [0, 0.05) is 5.69 Å². The van der Waals surface area contributed by atoms with Crippen LogP contribution in [0.5, 0.6) is 0 Å². The molecule has 3 rings (SSSR count). The molecule has 1 aliphatic carbocycles. The molecule has 3 N–H and O–H groups in total. The molecule has 1 aliphatic rings. The van der Waals surface area contributed by atoms with E-state index in [1.54, 1.807) is 0 Å². The molecule has 7 heteroatoms. The van der Waals surface area contributed by atoms with Crippen LogP contribution < -0.4 is 5.73 Å². The van der Waals surface area contributed by atoms with E-state index in [0.29, 0.717) is 11.4 Å². The van der Waals surface area contributed by atoms with Crippen molar-refractivity contribution in [3.05, 3.63) is 33.1 Å². The highest BCUT2D eigenvalue weighted by atomic mass is 16.6. The summed E-state index contributed by atoms with van der Waals surface area (Å²) in [6.07, 6.45) is 2.69. The highest BCUT2D eigenvalue weighted by Crippen LogP contribution is 2.38. The van der Waals surface area contributed by atoms with Gasteiger partial charge in [0.2, 0.25) is 0 Å². The van der Waals surface area contributed by atoms with Gasteiger partial charge in [-0.15, -0.1) is 0 Å². The molecular formula is C16H20N4O3. The summed E-state index contributed by atoms with van der Waals surface area (Å²) in [4.78, 5) is 29.4. The van der Waals surface area contributed by atoms with Gasteiger partial charge in [0.15, 0.2) is 11.2 Å². The largest absolute Gasteiger partial charge is 0.364 e. The minimum atomic E-state index is -0.847. The van der Waals surface area contributed by atoms with Gasteiger partial charge < -0.3 is 10.7 Å². The van der Waals surface area contributed by atoms with E-state index >= 15 is 0 Å². The Hall–Kier alpha value is -2.44. The number of aromatic nitrogens is 2. The van der Waals surface area contributed by atoms with Gasteiger partial charge >= 0.3 is 5.69 Å². The summed E-state index contributed by atoms with van der Waals surface area (Å²) in [6, 6.07) is 1.88. The first kappa shape index (κ1) is 15.5. The van der Waals surface area contributed by atoms with E-state index in [0.717, 1.165) is 30.5 Å². The molecule has 7 nitrogen and oxygen atoms in total. The van der Waals surface area contributed by atoms with Crippen LogP contribution in [-0.4, -0.2) is 20.8 Å². The normalized spacial score (nSPS) is 18.0. The molecular weight excluding hydrogens is 296 g/mol. The molecule has 0 saturated heterocycles.